The van der Waals surface area contributed by atoms with Crippen LogP contribution in [0, 0.1) is 5.92 Å². The smallest absolute Gasteiger partial charge is 0.408 e. The van der Waals surface area contributed by atoms with Crippen LogP contribution in [-0.2, 0) is 23.8 Å². The fourth-order valence-electron chi connectivity index (χ4n) is 3.21. The molecule has 0 aliphatic carbocycles. The molecule has 0 heterocycles. The van der Waals surface area contributed by atoms with Crippen LogP contribution in [0.1, 0.15) is 84.0 Å². The highest BCUT2D eigenvalue weighted by Crippen LogP contribution is 2.30. The first kappa shape index (κ1) is 32.3. The largest absolute Gasteiger partial charge is 0.465 e. The monoisotopic (exact) mass is 538 g/mol. The van der Waals surface area contributed by atoms with E-state index in [1.54, 1.807) is 32.9 Å². The lowest BCUT2D eigenvalue weighted by Gasteiger charge is -2.22. The van der Waals surface area contributed by atoms with Gasteiger partial charge < -0.3 is 24.8 Å². The number of hydrogen-bond donors (Lipinski definition) is 2. The number of amides is 2. The third-order valence-corrected chi connectivity index (χ3v) is 6.43. The van der Waals surface area contributed by atoms with Crippen LogP contribution in [0.25, 0.3) is 0 Å². The van der Waals surface area contributed by atoms with Crippen LogP contribution < -0.4 is 10.6 Å². The normalized spacial score (nSPS) is 12.7. The van der Waals surface area contributed by atoms with Crippen molar-refractivity contribution in [2.75, 3.05) is 24.8 Å². The molecule has 0 aliphatic rings. The molecule has 9 nitrogen and oxygen atoms in total. The molecule has 2 amide bonds. The predicted octanol–water partition coefficient (Wildman–Crippen LogP) is 5.57. The van der Waals surface area contributed by atoms with E-state index in [0.717, 1.165) is 25.7 Å². The van der Waals surface area contributed by atoms with Gasteiger partial charge in [0.1, 0.15) is 11.6 Å². The second-order valence-corrected chi connectivity index (χ2v) is 10.9. The number of methoxy groups -OCH3 is 1. The van der Waals surface area contributed by atoms with Crippen LogP contribution in [0.5, 0.6) is 0 Å². The summed E-state index contributed by atoms with van der Waals surface area (Å²) in [5.41, 5.74) is 0.0636. The van der Waals surface area contributed by atoms with Crippen molar-refractivity contribution in [3.05, 3.63) is 23.8 Å². The number of rotatable bonds is 14. The first-order valence-corrected chi connectivity index (χ1v) is 13.7. The van der Waals surface area contributed by atoms with Crippen molar-refractivity contribution in [1.29, 1.82) is 0 Å². The Bertz CT molecular complexity index is 915. The highest BCUT2D eigenvalue weighted by Gasteiger charge is 2.22. The van der Waals surface area contributed by atoms with E-state index in [1.807, 2.05) is 0 Å². The molecule has 2 atom stereocenters. The number of nitrogens with one attached hydrogen (secondary N) is 2. The third kappa shape index (κ3) is 12.9. The average Bonchev–Trinajstić information content (AvgIpc) is 2.83. The van der Waals surface area contributed by atoms with Gasteiger partial charge in [-0.3, -0.25) is 9.59 Å². The van der Waals surface area contributed by atoms with Gasteiger partial charge in [0.2, 0.25) is 5.91 Å². The van der Waals surface area contributed by atoms with Crippen LogP contribution >= 0.6 is 11.8 Å². The van der Waals surface area contributed by atoms with Crippen molar-refractivity contribution in [2.24, 2.45) is 5.92 Å². The van der Waals surface area contributed by atoms with Gasteiger partial charge in [0.25, 0.3) is 0 Å². The van der Waals surface area contributed by atoms with Crippen LogP contribution in [0.15, 0.2) is 23.1 Å². The quantitative estimate of drug-likeness (QED) is 0.179. The molecule has 1 aromatic rings. The Morgan fingerprint density at radius 3 is 2.41 bits per heavy atom. The van der Waals surface area contributed by atoms with Gasteiger partial charge in [0, 0.05) is 10.6 Å². The molecule has 1 aromatic carbocycles. The molecular weight excluding hydrogens is 496 g/mol. The molecule has 0 aliphatic heterocycles. The van der Waals surface area contributed by atoms with Crippen LogP contribution in [0.4, 0.5) is 10.5 Å². The Kier molecular flexibility index (Phi) is 14.1. The van der Waals surface area contributed by atoms with Gasteiger partial charge in [0.05, 0.1) is 31.4 Å². The molecular formula is C27H42N2O7S. The summed E-state index contributed by atoms with van der Waals surface area (Å²) in [6, 6.07) is 3.85. The molecule has 0 radical (unpaired) electrons. The summed E-state index contributed by atoms with van der Waals surface area (Å²) in [7, 11) is 1.29. The first-order valence-electron chi connectivity index (χ1n) is 12.7. The summed E-state index contributed by atoms with van der Waals surface area (Å²) in [4.78, 5) is 49.6. The van der Waals surface area contributed by atoms with Gasteiger partial charge in [-0.1, -0.05) is 33.1 Å². The fraction of sp³-hybridized carbons (Fsp3) is 0.630. The number of hydrogen-bond acceptors (Lipinski definition) is 8. The van der Waals surface area contributed by atoms with Crippen LogP contribution in [0.2, 0.25) is 0 Å². The second kappa shape index (κ2) is 16.2. The molecule has 0 saturated heterocycles. The Labute approximate surface area is 224 Å². The SMILES string of the molecule is CCCCC(CC)COC(=O)CCSc1cc(C(=O)OC)ccc1NC(=O)[C@H](C)NC(=O)OC(C)(C)C. The van der Waals surface area contributed by atoms with Crippen molar-refractivity contribution in [1.82, 2.24) is 5.32 Å². The molecule has 1 unspecified atom stereocenters. The minimum atomic E-state index is -0.873. The highest BCUT2D eigenvalue weighted by molar-refractivity contribution is 7.99. The van der Waals surface area contributed by atoms with Crippen LogP contribution in [0.3, 0.4) is 0 Å². The number of alkyl carbamates (subject to hydrolysis) is 1. The fourth-order valence-corrected chi connectivity index (χ4v) is 4.18. The summed E-state index contributed by atoms with van der Waals surface area (Å²) < 4.78 is 15.5. The van der Waals surface area contributed by atoms with Gasteiger partial charge in [-0.2, -0.15) is 0 Å². The highest BCUT2D eigenvalue weighted by atomic mass is 32.2. The van der Waals surface area contributed by atoms with Gasteiger partial charge >= 0.3 is 18.0 Å². The van der Waals surface area contributed by atoms with E-state index in [1.165, 1.54) is 31.9 Å². The summed E-state index contributed by atoms with van der Waals surface area (Å²) >= 11 is 1.31. The lowest BCUT2D eigenvalue weighted by Crippen LogP contribution is -2.44. The van der Waals surface area contributed by atoms with Gasteiger partial charge in [-0.15, -0.1) is 11.8 Å². The topological polar surface area (TPSA) is 120 Å². The number of esters is 2. The molecule has 0 bridgehead atoms. The zero-order valence-corrected chi connectivity index (χ0v) is 23.9. The first-order chi connectivity index (χ1) is 17.4. The molecule has 2 N–H and O–H groups in total. The predicted molar refractivity (Wildman–Crippen MR) is 145 cm³/mol. The molecule has 0 saturated carbocycles. The molecule has 0 spiro atoms. The zero-order chi connectivity index (χ0) is 28.0. The number of carbonyl (C=O) groups excluding carboxylic acids is 4. The zero-order valence-electron chi connectivity index (χ0n) is 23.1. The third-order valence-electron chi connectivity index (χ3n) is 5.37. The Hall–Kier alpha value is -2.75. The maximum atomic E-state index is 12.7. The summed E-state index contributed by atoms with van der Waals surface area (Å²) in [6.07, 6.45) is 3.71. The Balaban J connectivity index is 2.80. The lowest BCUT2D eigenvalue weighted by atomic mass is 10.0. The molecule has 208 valence electrons. The maximum Gasteiger partial charge on any atom is 0.408 e. The summed E-state index contributed by atoms with van der Waals surface area (Å²) in [5.74, 6) is -0.504. The van der Waals surface area contributed by atoms with Crippen molar-refractivity contribution < 1.29 is 33.4 Å². The van der Waals surface area contributed by atoms with E-state index in [0.29, 0.717) is 34.4 Å². The summed E-state index contributed by atoms with van der Waals surface area (Å²) in [5, 5.41) is 5.27. The maximum absolute atomic E-state index is 12.7. The van der Waals surface area contributed by atoms with Crippen molar-refractivity contribution in [2.45, 2.75) is 90.2 Å². The van der Waals surface area contributed by atoms with Crippen molar-refractivity contribution in [3.63, 3.8) is 0 Å². The van der Waals surface area contributed by atoms with Crippen LogP contribution in [-0.4, -0.2) is 55.1 Å². The molecule has 10 heteroatoms. The minimum Gasteiger partial charge on any atom is -0.465 e. The summed E-state index contributed by atoms with van der Waals surface area (Å²) in [6.45, 7) is 11.4. The number of thioether (sulfide) groups is 1. The second-order valence-electron chi connectivity index (χ2n) is 9.76. The van der Waals surface area contributed by atoms with Gasteiger partial charge in [-0.05, 0) is 58.2 Å². The van der Waals surface area contributed by atoms with E-state index in [-0.39, 0.29) is 12.4 Å². The molecule has 0 aromatic heterocycles. The standard InChI is InChI=1S/C27H42N2O7S/c1-8-10-11-19(9-2)17-35-23(30)14-15-37-22-16-20(25(32)34-7)12-13-21(22)29-24(31)18(3)28-26(33)36-27(4,5)6/h12-13,16,18-19H,8-11,14-15,17H2,1-7H3,(H,28,33)(H,29,31)/t18-,19?/m0/s1. The van der Waals surface area contributed by atoms with Crippen molar-refractivity contribution in [3.8, 4) is 0 Å². The van der Waals surface area contributed by atoms with E-state index in [4.69, 9.17) is 14.2 Å². The average molecular weight is 539 g/mol. The molecule has 37 heavy (non-hydrogen) atoms. The van der Waals surface area contributed by atoms with Crippen molar-refractivity contribution >= 4 is 41.4 Å². The van der Waals surface area contributed by atoms with E-state index >= 15 is 0 Å². The number of benzene rings is 1. The van der Waals surface area contributed by atoms with E-state index in [2.05, 4.69) is 24.5 Å². The van der Waals surface area contributed by atoms with E-state index < -0.39 is 29.6 Å². The Morgan fingerprint density at radius 1 is 1.11 bits per heavy atom. The number of anilines is 1. The van der Waals surface area contributed by atoms with Gasteiger partial charge in [0.15, 0.2) is 0 Å². The number of ether oxygens (including phenoxy) is 3. The molecule has 1 rings (SSSR count). The number of unbranched alkanes of at least 4 members (excludes halogenated alkanes) is 1. The van der Waals surface area contributed by atoms with E-state index in [9.17, 15) is 19.2 Å². The Morgan fingerprint density at radius 2 is 1.81 bits per heavy atom. The lowest BCUT2D eigenvalue weighted by molar-refractivity contribution is -0.144. The number of carbonyl (C=O) groups is 4. The minimum absolute atomic E-state index is 0.182. The molecule has 0 fully saturated rings. The van der Waals surface area contributed by atoms with Gasteiger partial charge in [-0.25, -0.2) is 9.59 Å².